The lowest BCUT2D eigenvalue weighted by molar-refractivity contribution is -0.0140. The van der Waals surface area contributed by atoms with E-state index in [1.54, 1.807) is 31.2 Å². The molecule has 0 radical (unpaired) electrons. The highest BCUT2D eigenvalue weighted by Crippen LogP contribution is 2.32. The molecule has 0 aliphatic heterocycles. The van der Waals surface area contributed by atoms with Crippen molar-refractivity contribution in [2.45, 2.75) is 51.1 Å². The minimum Gasteiger partial charge on any atom is -0.310 e. The molecular formula is C14H19F2N. The zero-order valence-electron chi connectivity index (χ0n) is 10.2. The summed E-state index contributed by atoms with van der Waals surface area (Å²) in [6, 6.07) is 7.36. The van der Waals surface area contributed by atoms with Crippen LogP contribution in [0, 0.1) is 0 Å². The molecule has 0 aromatic heterocycles. The molecule has 0 atom stereocenters. The Bertz CT molecular complexity index is 355. The first-order valence-corrected chi connectivity index (χ1v) is 6.32. The van der Waals surface area contributed by atoms with Gasteiger partial charge in [-0.1, -0.05) is 37.6 Å². The summed E-state index contributed by atoms with van der Waals surface area (Å²) in [6.07, 6.45) is 2.91. The monoisotopic (exact) mass is 239 g/mol. The highest BCUT2D eigenvalue weighted by atomic mass is 19.3. The van der Waals surface area contributed by atoms with Crippen LogP contribution in [0.3, 0.4) is 0 Å². The van der Waals surface area contributed by atoms with E-state index in [9.17, 15) is 8.78 Å². The Morgan fingerprint density at radius 1 is 1.24 bits per heavy atom. The normalized spacial score (nSPS) is 16.2. The molecule has 17 heavy (non-hydrogen) atoms. The van der Waals surface area contributed by atoms with Crippen molar-refractivity contribution in [2.75, 3.05) is 0 Å². The minimum absolute atomic E-state index is 0.0767. The molecule has 1 aromatic rings. The number of hydrogen-bond acceptors (Lipinski definition) is 1. The Balaban J connectivity index is 1.95. The van der Waals surface area contributed by atoms with Gasteiger partial charge in [0.1, 0.15) is 0 Å². The molecule has 1 aliphatic rings. The fourth-order valence-electron chi connectivity index (χ4n) is 1.87. The van der Waals surface area contributed by atoms with Crippen LogP contribution >= 0.6 is 0 Å². The van der Waals surface area contributed by atoms with Gasteiger partial charge in [-0.15, -0.1) is 0 Å². The molecule has 1 aromatic carbocycles. The quantitative estimate of drug-likeness (QED) is 0.795. The van der Waals surface area contributed by atoms with Gasteiger partial charge in [-0.25, -0.2) is 8.78 Å². The lowest BCUT2D eigenvalue weighted by Gasteiger charge is -2.16. The first-order chi connectivity index (χ1) is 8.12. The molecule has 0 unspecified atom stereocenters. The maximum Gasteiger partial charge on any atom is 0.273 e. The first kappa shape index (κ1) is 12.5. The third-order valence-corrected chi connectivity index (χ3v) is 3.11. The van der Waals surface area contributed by atoms with Crippen molar-refractivity contribution in [3.8, 4) is 0 Å². The fourth-order valence-corrected chi connectivity index (χ4v) is 1.87. The van der Waals surface area contributed by atoms with E-state index in [4.69, 9.17) is 0 Å². The van der Waals surface area contributed by atoms with Crippen LogP contribution < -0.4 is 5.32 Å². The molecule has 1 nitrogen and oxygen atoms in total. The van der Waals surface area contributed by atoms with Crippen LogP contribution in [-0.2, 0) is 12.5 Å². The van der Waals surface area contributed by atoms with E-state index in [-0.39, 0.29) is 12.0 Å². The van der Waals surface area contributed by atoms with Crippen molar-refractivity contribution in [1.29, 1.82) is 0 Å². The van der Waals surface area contributed by atoms with Gasteiger partial charge in [0.25, 0.3) is 5.92 Å². The van der Waals surface area contributed by atoms with Gasteiger partial charge in [-0.2, -0.15) is 0 Å². The van der Waals surface area contributed by atoms with Crippen molar-refractivity contribution in [2.24, 2.45) is 0 Å². The van der Waals surface area contributed by atoms with Crippen LogP contribution in [0.15, 0.2) is 24.3 Å². The number of nitrogens with one attached hydrogen (secondary N) is 1. The summed E-state index contributed by atoms with van der Waals surface area (Å²) in [5.74, 6) is -2.68. The third-order valence-electron chi connectivity index (χ3n) is 3.11. The van der Waals surface area contributed by atoms with E-state index in [0.29, 0.717) is 12.5 Å². The van der Waals surface area contributed by atoms with E-state index in [2.05, 4.69) is 5.32 Å². The zero-order chi connectivity index (χ0) is 12.3. The van der Waals surface area contributed by atoms with Gasteiger partial charge in [0.05, 0.1) is 0 Å². The molecule has 1 fully saturated rings. The van der Waals surface area contributed by atoms with Crippen molar-refractivity contribution < 1.29 is 8.78 Å². The van der Waals surface area contributed by atoms with Gasteiger partial charge in [0, 0.05) is 24.6 Å². The van der Waals surface area contributed by atoms with Crippen molar-refractivity contribution in [3.63, 3.8) is 0 Å². The predicted octanol–water partition coefficient (Wildman–Crippen LogP) is 3.83. The third kappa shape index (κ3) is 3.50. The van der Waals surface area contributed by atoms with E-state index in [1.165, 1.54) is 12.8 Å². The summed E-state index contributed by atoms with van der Waals surface area (Å²) in [5, 5.41) is 3.37. The molecule has 0 saturated heterocycles. The van der Waals surface area contributed by atoms with Crippen LogP contribution in [0.4, 0.5) is 8.78 Å². The molecular weight excluding hydrogens is 220 g/mol. The number of rotatable bonds is 6. The van der Waals surface area contributed by atoms with E-state index in [1.807, 2.05) is 0 Å². The van der Waals surface area contributed by atoms with Crippen molar-refractivity contribution >= 4 is 0 Å². The number of hydrogen-bond donors (Lipinski definition) is 1. The second-order valence-corrected chi connectivity index (χ2v) is 4.81. The average molecular weight is 239 g/mol. The lowest BCUT2D eigenvalue weighted by atomic mass is 10.0. The summed E-state index contributed by atoms with van der Waals surface area (Å²) in [4.78, 5) is 0. The van der Waals surface area contributed by atoms with Crippen molar-refractivity contribution in [3.05, 3.63) is 35.4 Å². The van der Waals surface area contributed by atoms with Crippen LogP contribution in [0.1, 0.15) is 43.7 Å². The Labute approximate surface area is 101 Å². The predicted molar refractivity (Wildman–Crippen MR) is 65.1 cm³/mol. The fraction of sp³-hybridized carbons (Fsp3) is 0.571. The first-order valence-electron chi connectivity index (χ1n) is 6.32. The Morgan fingerprint density at radius 3 is 2.41 bits per heavy atom. The van der Waals surface area contributed by atoms with Gasteiger partial charge < -0.3 is 5.32 Å². The summed E-state index contributed by atoms with van der Waals surface area (Å²) < 4.78 is 27.2. The molecule has 0 heterocycles. The van der Waals surface area contributed by atoms with Gasteiger partial charge in [-0.3, -0.25) is 0 Å². The van der Waals surface area contributed by atoms with Gasteiger partial charge in [0.2, 0.25) is 0 Å². The van der Waals surface area contributed by atoms with Gasteiger partial charge in [0.15, 0.2) is 0 Å². The maximum atomic E-state index is 13.6. The summed E-state index contributed by atoms with van der Waals surface area (Å²) >= 11 is 0. The molecule has 1 saturated carbocycles. The maximum absolute atomic E-state index is 13.6. The van der Waals surface area contributed by atoms with Crippen molar-refractivity contribution in [1.82, 2.24) is 5.32 Å². The molecule has 0 amide bonds. The molecule has 1 aliphatic carbocycles. The average Bonchev–Trinajstić information content (AvgIpc) is 3.11. The second kappa shape index (κ2) is 5.13. The van der Waals surface area contributed by atoms with Gasteiger partial charge in [-0.05, 0) is 18.4 Å². The number of halogens is 2. The summed E-state index contributed by atoms with van der Waals surface area (Å²) in [7, 11) is 0. The van der Waals surface area contributed by atoms with Crippen LogP contribution in [0.25, 0.3) is 0 Å². The smallest absolute Gasteiger partial charge is 0.273 e. The highest BCUT2D eigenvalue weighted by Gasteiger charge is 2.29. The number of alkyl halides is 2. The van der Waals surface area contributed by atoms with Crippen LogP contribution in [0.5, 0.6) is 0 Å². The topological polar surface area (TPSA) is 12.0 Å². The molecule has 2 rings (SSSR count). The highest BCUT2D eigenvalue weighted by molar-refractivity contribution is 5.25. The zero-order valence-corrected chi connectivity index (χ0v) is 10.2. The Morgan fingerprint density at radius 2 is 1.88 bits per heavy atom. The largest absolute Gasteiger partial charge is 0.310 e. The molecule has 1 N–H and O–H groups in total. The molecule has 3 heteroatoms. The van der Waals surface area contributed by atoms with Gasteiger partial charge >= 0.3 is 0 Å². The summed E-state index contributed by atoms with van der Waals surface area (Å²) in [5.41, 5.74) is 1.21. The Hall–Kier alpha value is -0.960. The van der Waals surface area contributed by atoms with E-state index < -0.39 is 5.92 Å². The standard InChI is InChI=1S/C14H19F2N/c1-2-9-14(15,16)12-5-3-11(4-6-12)10-17-13-7-8-13/h3-6,13,17H,2,7-10H2,1H3. The second-order valence-electron chi connectivity index (χ2n) is 4.81. The SMILES string of the molecule is CCCC(F)(F)c1ccc(CNC2CC2)cc1. The lowest BCUT2D eigenvalue weighted by Crippen LogP contribution is -2.16. The van der Waals surface area contributed by atoms with Crippen LogP contribution in [0.2, 0.25) is 0 Å². The van der Waals surface area contributed by atoms with E-state index in [0.717, 1.165) is 12.1 Å². The Kier molecular flexibility index (Phi) is 3.77. The molecule has 94 valence electrons. The van der Waals surface area contributed by atoms with Crippen LogP contribution in [-0.4, -0.2) is 6.04 Å². The van der Waals surface area contributed by atoms with E-state index >= 15 is 0 Å². The number of benzene rings is 1. The molecule has 0 bridgehead atoms. The molecule has 0 spiro atoms. The summed E-state index contributed by atoms with van der Waals surface area (Å²) in [6.45, 7) is 2.56. The minimum atomic E-state index is -2.68.